The molecule has 0 radical (unpaired) electrons. The van der Waals surface area contributed by atoms with Gasteiger partial charge < -0.3 is 20.5 Å². The third-order valence-corrected chi connectivity index (χ3v) is 5.89. The standard InChI is InChI=1S/C25H28N4O3/c30-23-15-22(18-9-3-1-4-10-18)29(14-8-2-7-13-26-23)24(31)17-28-25(32)20-16-27-21-12-6-5-11-19(20)21/h1,3-6,9-12,16,22,27H,2,7-8,13-15,17H2,(H,26,30)(H,28,32). The van der Waals surface area contributed by atoms with Crippen LogP contribution in [0.4, 0.5) is 0 Å². The number of benzene rings is 2. The summed E-state index contributed by atoms with van der Waals surface area (Å²) >= 11 is 0. The number of aromatic nitrogens is 1. The van der Waals surface area contributed by atoms with E-state index < -0.39 is 0 Å². The quantitative estimate of drug-likeness (QED) is 0.591. The number of nitrogens with zero attached hydrogens (tertiary/aromatic N) is 1. The zero-order valence-corrected chi connectivity index (χ0v) is 18.0. The summed E-state index contributed by atoms with van der Waals surface area (Å²) in [5, 5.41) is 6.53. The molecule has 1 aromatic heterocycles. The van der Waals surface area contributed by atoms with E-state index in [1.54, 1.807) is 11.1 Å². The van der Waals surface area contributed by atoms with Crippen LogP contribution in [0.25, 0.3) is 10.9 Å². The average Bonchev–Trinajstić information content (AvgIpc) is 3.26. The molecule has 2 heterocycles. The molecule has 0 spiro atoms. The van der Waals surface area contributed by atoms with E-state index in [-0.39, 0.29) is 36.7 Å². The van der Waals surface area contributed by atoms with Crippen molar-refractivity contribution in [2.75, 3.05) is 19.6 Å². The van der Waals surface area contributed by atoms with Gasteiger partial charge in [0.2, 0.25) is 11.8 Å². The molecule has 1 aliphatic heterocycles. The second kappa shape index (κ2) is 10.1. The van der Waals surface area contributed by atoms with Crippen molar-refractivity contribution in [3.8, 4) is 0 Å². The van der Waals surface area contributed by atoms with Gasteiger partial charge in [0.25, 0.3) is 5.91 Å². The van der Waals surface area contributed by atoms with E-state index in [4.69, 9.17) is 0 Å². The van der Waals surface area contributed by atoms with Crippen LogP contribution in [-0.4, -0.2) is 47.2 Å². The molecule has 32 heavy (non-hydrogen) atoms. The first-order valence-corrected chi connectivity index (χ1v) is 11.1. The number of carbonyl (C=O) groups excluding carboxylic acids is 3. The van der Waals surface area contributed by atoms with Gasteiger partial charge in [0.15, 0.2) is 0 Å². The second-order valence-electron chi connectivity index (χ2n) is 8.06. The van der Waals surface area contributed by atoms with Crippen LogP contribution in [0.1, 0.15) is 47.6 Å². The second-order valence-corrected chi connectivity index (χ2v) is 8.06. The van der Waals surface area contributed by atoms with Crippen molar-refractivity contribution < 1.29 is 14.4 Å². The van der Waals surface area contributed by atoms with Gasteiger partial charge in [0.1, 0.15) is 0 Å². The summed E-state index contributed by atoms with van der Waals surface area (Å²) in [5.41, 5.74) is 2.29. The number of rotatable bonds is 4. The topological polar surface area (TPSA) is 94.3 Å². The van der Waals surface area contributed by atoms with E-state index in [0.29, 0.717) is 18.7 Å². The normalized spacial score (nSPS) is 17.6. The van der Waals surface area contributed by atoms with E-state index in [2.05, 4.69) is 15.6 Å². The van der Waals surface area contributed by atoms with Crippen molar-refractivity contribution >= 4 is 28.6 Å². The lowest BCUT2D eigenvalue weighted by Gasteiger charge is -2.33. The molecule has 1 aliphatic rings. The summed E-state index contributed by atoms with van der Waals surface area (Å²) in [6, 6.07) is 16.8. The molecule has 1 atom stereocenters. The van der Waals surface area contributed by atoms with Crippen molar-refractivity contribution in [3.05, 3.63) is 71.9 Å². The van der Waals surface area contributed by atoms with Crippen LogP contribution in [-0.2, 0) is 9.59 Å². The molecule has 0 bridgehead atoms. The molecule has 7 heteroatoms. The predicted octanol–water partition coefficient (Wildman–Crippen LogP) is 3.16. The minimum atomic E-state index is -0.369. The van der Waals surface area contributed by atoms with Crippen LogP contribution in [0.2, 0.25) is 0 Å². The first-order valence-electron chi connectivity index (χ1n) is 11.1. The molecule has 166 valence electrons. The molecule has 1 saturated heterocycles. The van der Waals surface area contributed by atoms with E-state index in [9.17, 15) is 14.4 Å². The highest BCUT2D eigenvalue weighted by Crippen LogP contribution is 2.26. The van der Waals surface area contributed by atoms with Crippen LogP contribution >= 0.6 is 0 Å². The van der Waals surface area contributed by atoms with Crippen LogP contribution in [0, 0.1) is 0 Å². The molecule has 0 aliphatic carbocycles. The fourth-order valence-corrected chi connectivity index (χ4v) is 4.21. The molecule has 2 aromatic carbocycles. The lowest BCUT2D eigenvalue weighted by atomic mass is 10.00. The van der Waals surface area contributed by atoms with Crippen LogP contribution in [0.15, 0.2) is 60.8 Å². The Kier molecular flexibility index (Phi) is 6.84. The van der Waals surface area contributed by atoms with Gasteiger partial charge in [-0.1, -0.05) is 48.5 Å². The minimum absolute atomic E-state index is 0.0682. The van der Waals surface area contributed by atoms with Gasteiger partial charge in [-0.15, -0.1) is 0 Å². The summed E-state index contributed by atoms with van der Waals surface area (Å²) in [6.45, 7) is 1.09. The molecular formula is C25H28N4O3. The number of nitrogens with one attached hydrogen (secondary N) is 3. The summed E-state index contributed by atoms with van der Waals surface area (Å²) in [7, 11) is 0. The van der Waals surface area contributed by atoms with Crippen molar-refractivity contribution in [2.45, 2.75) is 31.7 Å². The van der Waals surface area contributed by atoms with Crippen molar-refractivity contribution in [1.29, 1.82) is 0 Å². The van der Waals surface area contributed by atoms with E-state index in [1.165, 1.54) is 0 Å². The number of hydrogen-bond acceptors (Lipinski definition) is 3. The molecule has 3 aromatic rings. The highest BCUT2D eigenvalue weighted by atomic mass is 16.2. The number of aromatic amines is 1. The van der Waals surface area contributed by atoms with Crippen LogP contribution < -0.4 is 10.6 Å². The fraction of sp³-hybridized carbons (Fsp3) is 0.320. The van der Waals surface area contributed by atoms with Crippen LogP contribution in [0.5, 0.6) is 0 Å². The van der Waals surface area contributed by atoms with E-state index >= 15 is 0 Å². The molecule has 4 rings (SSSR count). The van der Waals surface area contributed by atoms with Gasteiger partial charge in [-0.3, -0.25) is 14.4 Å². The number of fused-ring (bicyclic) bond motifs is 1. The Morgan fingerprint density at radius 3 is 2.62 bits per heavy atom. The maximum absolute atomic E-state index is 13.3. The molecule has 1 fully saturated rings. The van der Waals surface area contributed by atoms with E-state index in [1.807, 2.05) is 54.6 Å². The van der Waals surface area contributed by atoms with Crippen LogP contribution in [0.3, 0.4) is 0 Å². The van der Waals surface area contributed by atoms with Gasteiger partial charge in [-0.25, -0.2) is 0 Å². The summed E-state index contributed by atoms with van der Waals surface area (Å²) in [5.74, 6) is -0.562. The Labute approximate surface area is 187 Å². The minimum Gasteiger partial charge on any atom is -0.360 e. The SMILES string of the molecule is O=C1CC(c2ccccc2)N(C(=O)CNC(=O)c2c[nH]c3ccccc23)CCCCCN1. The lowest BCUT2D eigenvalue weighted by molar-refractivity contribution is -0.134. The molecule has 0 saturated carbocycles. The third-order valence-electron chi connectivity index (χ3n) is 5.89. The predicted molar refractivity (Wildman–Crippen MR) is 123 cm³/mol. The number of para-hydroxylation sites is 1. The number of hydrogen-bond donors (Lipinski definition) is 3. The third kappa shape index (κ3) is 4.99. The van der Waals surface area contributed by atoms with E-state index in [0.717, 1.165) is 35.7 Å². The Bertz CT molecular complexity index is 1090. The van der Waals surface area contributed by atoms with Crippen molar-refractivity contribution in [1.82, 2.24) is 20.5 Å². The van der Waals surface area contributed by atoms with Gasteiger partial charge in [0.05, 0.1) is 24.6 Å². The molecule has 7 nitrogen and oxygen atoms in total. The molecular weight excluding hydrogens is 404 g/mol. The van der Waals surface area contributed by atoms with Gasteiger partial charge in [0, 0.05) is 30.2 Å². The molecule has 3 N–H and O–H groups in total. The zero-order valence-electron chi connectivity index (χ0n) is 18.0. The molecule has 1 unspecified atom stereocenters. The summed E-state index contributed by atoms with van der Waals surface area (Å²) < 4.78 is 0. The highest BCUT2D eigenvalue weighted by Gasteiger charge is 2.28. The number of amides is 3. The van der Waals surface area contributed by atoms with Crippen molar-refractivity contribution in [3.63, 3.8) is 0 Å². The number of H-pyrrole nitrogens is 1. The summed E-state index contributed by atoms with van der Waals surface area (Å²) in [6.07, 6.45) is 4.52. The Morgan fingerprint density at radius 2 is 1.78 bits per heavy atom. The van der Waals surface area contributed by atoms with Gasteiger partial charge in [-0.05, 0) is 30.9 Å². The van der Waals surface area contributed by atoms with Gasteiger partial charge in [-0.2, -0.15) is 0 Å². The molecule has 3 amide bonds. The fourth-order valence-electron chi connectivity index (χ4n) is 4.21. The maximum atomic E-state index is 13.3. The lowest BCUT2D eigenvalue weighted by Crippen LogP contribution is -2.44. The Morgan fingerprint density at radius 1 is 1.00 bits per heavy atom. The average molecular weight is 433 g/mol. The summed E-state index contributed by atoms with van der Waals surface area (Å²) in [4.78, 5) is 43.3. The first-order chi connectivity index (χ1) is 15.6. The monoisotopic (exact) mass is 432 g/mol. The first kappa shape index (κ1) is 21.6. The Hall–Kier alpha value is -3.61. The smallest absolute Gasteiger partial charge is 0.253 e. The van der Waals surface area contributed by atoms with Crippen molar-refractivity contribution in [2.24, 2.45) is 0 Å². The highest BCUT2D eigenvalue weighted by molar-refractivity contribution is 6.07. The van der Waals surface area contributed by atoms with Gasteiger partial charge >= 0.3 is 0 Å². The maximum Gasteiger partial charge on any atom is 0.253 e. The Balaban J connectivity index is 1.51. The number of carbonyl (C=O) groups is 3. The largest absolute Gasteiger partial charge is 0.360 e. The zero-order chi connectivity index (χ0) is 22.3.